The lowest BCUT2D eigenvalue weighted by Gasteiger charge is -2.38. The van der Waals surface area contributed by atoms with E-state index < -0.39 is 12.9 Å². The van der Waals surface area contributed by atoms with E-state index in [2.05, 4.69) is 5.32 Å². The molecule has 0 spiro atoms. The average Bonchev–Trinajstić information content (AvgIpc) is 2.77. The summed E-state index contributed by atoms with van der Waals surface area (Å²) < 4.78 is 32.2. The molecule has 1 amide bonds. The number of amides is 1. The second-order valence-corrected chi connectivity index (χ2v) is 4.33. The number of aryl methyl sites for hydroxylation is 1. The SMILES string of the molecule is [2H]C1([2H])c2ccsc2C2CNC(=O)CN2C1([2H])[2H]. The number of carbonyl (C=O) groups is 1. The van der Waals surface area contributed by atoms with Crippen molar-refractivity contribution in [2.45, 2.75) is 12.4 Å². The minimum atomic E-state index is -2.18. The Labute approximate surface area is 92.3 Å². The van der Waals surface area contributed by atoms with Crippen molar-refractivity contribution in [1.29, 1.82) is 0 Å². The first-order valence-electron chi connectivity index (χ1n) is 6.47. The maximum absolute atomic E-state index is 11.4. The highest BCUT2D eigenvalue weighted by Gasteiger charge is 2.32. The fourth-order valence-electron chi connectivity index (χ4n) is 1.81. The fraction of sp³-hybridized carbons (Fsp3) is 0.500. The van der Waals surface area contributed by atoms with Gasteiger partial charge >= 0.3 is 0 Å². The number of hydrogen-bond acceptors (Lipinski definition) is 3. The lowest BCUT2D eigenvalue weighted by atomic mass is 10.00. The molecule has 0 bridgehead atoms. The monoisotopic (exact) mass is 212 g/mol. The predicted octanol–water partition coefficient (Wildman–Crippen LogP) is 0.777. The summed E-state index contributed by atoms with van der Waals surface area (Å²) in [7, 11) is 0. The summed E-state index contributed by atoms with van der Waals surface area (Å²) in [6.45, 7) is -1.94. The molecule has 2 aliphatic rings. The maximum atomic E-state index is 11.4. The highest BCUT2D eigenvalue weighted by atomic mass is 32.1. The van der Waals surface area contributed by atoms with Crippen LogP contribution in [-0.2, 0) is 11.2 Å². The van der Waals surface area contributed by atoms with E-state index in [9.17, 15) is 4.79 Å². The Balaban J connectivity index is 2.17. The zero-order valence-corrected chi connectivity index (χ0v) is 8.23. The van der Waals surface area contributed by atoms with E-state index >= 15 is 0 Å². The molecule has 2 aliphatic heterocycles. The number of fused-ring (bicyclic) bond motifs is 3. The molecular formula is C10H12N2OS. The molecule has 1 unspecified atom stereocenters. The minimum absolute atomic E-state index is 0.103. The number of hydrogen-bond donors (Lipinski definition) is 1. The van der Waals surface area contributed by atoms with Crippen molar-refractivity contribution in [1.82, 2.24) is 10.2 Å². The topological polar surface area (TPSA) is 32.3 Å². The van der Waals surface area contributed by atoms with Crippen LogP contribution in [0.4, 0.5) is 0 Å². The van der Waals surface area contributed by atoms with Crippen molar-refractivity contribution in [3.05, 3.63) is 21.9 Å². The van der Waals surface area contributed by atoms with Gasteiger partial charge in [0.1, 0.15) is 0 Å². The van der Waals surface area contributed by atoms with Gasteiger partial charge in [0.25, 0.3) is 0 Å². The van der Waals surface area contributed by atoms with Crippen LogP contribution >= 0.6 is 11.3 Å². The fourth-order valence-corrected chi connectivity index (χ4v) is 2.77. The average molecular weight is 212 g/mol. The Morgan fingerprint density at radius 1 is 1.71 bits per heavy atom. The summed E-state index contributed by atoms with van der Waals surface area (Å²) in [6, 6.07) is 1.38. The molecule has 4 heteroatoms. The third kappa shape index (κ3) is 1.18. The van der Waals surface area contributed by atoms with Crippen LogP contribution in [0.25, 0.3) is 0 Å². The molecule has 1 aromatic rings. The molecule has 0 aromatic carbocycles. The lowest BCUT2D eigenvalue weighted by molar-refractivity contribution is -0.125. The molecule has 1 N–H and O–H groups in total. The molecule has 0 radical (unpaired) electrons. The third-order valence-corrected chi connectivity index (χ3v) is 3.53. The van der Waals surface area contributed by atoms with E-state index in [0.29, 0.717) is 12.1 Å². The zero-order valence-electron chi connectivity index (χ0n) is 11.4. The summed E-state index contributed by atoms with van der Waals surface area (Å²) in [4.78, 5) is 13.6. The van der Waals surface area contributed by atoms with Gasteiger partial charge in [0, 0.05) is 23.4 Å². The first-order chi connectivity index (χ1) is 8.35. The van der Waals surface area contributed by atoms with Crippen molar-refractivity contribution in [3.8, 4) is 0 Å². The van der Waals surface area contributed by atoms with Crippen molar-refractivity contribution >= 4 is 17.2 Å². The van der Waals surface area contributed by atoms with Crippen LogP contribution in [-0.4, -0.2) is 30.4 Å². The van der Waals surface area contributed by atoms with Gasteiger partial charge in [-0.25, -0.2) is 0 Å². The number of nitrogens with one attached hydrogen (secondary N) is 1. The Morgan fingerprint density at radius 3 is 3.57 bits per heavy atom. The molecule has 3 nitrogen and oxygen atoms in total. The highest BCUT2D eigenvalue weighted by Crippen LogP contribution is 2.34. The van der Waals surface area contributed by atoms with Gasteiger partial charge in [0.05, 0.1) is 12.6 Å². The number of carbonyl (C=O) groups excluding carboxylic acids is 1. The molecule has 0 aliphatic carbocycles. The largest absolute Gasteiger partial charge is 0.353 e. The molecule has 1 aromatic heterocycles. The van der Waals surface area contributed by atoms with E-state index in [4.69, 9.17) is 5.48 Å². The van der Waals surface area contributed by atoms with Crippen molar-refractivity contribution < 1.29 is 10.3 Å². The quantitative estimate of drug-likeness (QED) is 0.689. The van der Waals surface area contributed by atoms with Crippen LogP contribution in [0.15, 0.2) is 11.4 Å². The van der Waals surface area contributed by atoms with Crippen LogP contribution in [0.2, 0.25) is 0 Å². The summed E-state index contributed by atoms with van der Waals surface area (Å²) in [5, 5.41) is 4.49. The van der Waals surface area contributed by atoms with Gasteiger partial charge in [-0.1, -0.05) is 0 Å². The van der Waals surface area contributed by atoms with Gasteiger partial charge in [0.2, 0.25) is 5.91 Å². The maximum Gasteiger partial charge on any atom is 0.234 e. The predicted molar refractivity (Wildman–Crippen MR) is 55.3 cm³/mol. The van der Waals surface area contributed by atoms with E-state index in [-0.39, 0.29) is 18.5 Å². The second-order valence-electron chi connectivity index (χ2n) is 3.38. The number of nitrogens with zero attached hydrogens (tertiary/aromatic N) is 1. The van der Waals surface area contributed by atoms with Crippen molar-refractivity contribution in [2.75, 3.05) is 19.6 Å². The Kier molecular flexibility index (Phi) is 1.16. The van der Waals surface area contributed by atoms with E-state index in [0.717, 1.165) is 4.88 Å². The number of piperazine rings is 1. The molecule has 1 saturated heterocycles. The standard InChI is InChI=1S/C10H12N2OS/c13-9-6-12-3-1-7-2-4-14-10(7)8(12)5-11-9/h2,4,8H,1,3,5-6H2,(H,11,13)/i1D2,3D2. The first-order valence-corrected chi connectivity index (χ1v) is 5.35. The Morgan fingerprint density at radius 2 is 2.64 bits per heavy atom. The van der Waals surface area contributed by atoms with Gasteiger partial charge in [0.15, 0.2) is 0 Å². The number of rotatable bonds is 0. The van der Waals surface area contributed by atoms with Gasteiger partial charge in [-0.2, -0.15) is 0 Å². The molecule has 1 fully saturated rings. The summed E-state index contributed by atoms with van der Waals surface area (Å²) in [5.74, 6) is -0.258. The van der Waals surface area contributed by atoms with Crippen LogP contribution < -0.4 is 5.32 Å². The minimum Gasteiger partial charge on any atom is -0.353 e. The third-order valence-electron chi connectivity index (χ3n) is 2.51. The molecule has 3 rings (SSSR count). The van der Waals surface area contributed by atoms with Crippen LogP contribution in [0.5, 0.6) is 0 Å². The van der Waals surface area contributed by atoms with Gasteiger partial charge < -0.3 is 5.32 Å². The number of thiophene rings is 1. The Bertz CT molecular complexity index is 516. The molecule has 3 heterocycles. The summed E-state index contributed by atoms with van der Waals surface area (Å²) in [5.41, 5.74) is 0.412. The molecular weight excluding hydrogens is 196 g/mol. The lowest BCUT2D eigenvalue weighted by Crippen LogP contribution is -2.51. The van der Waals surface area contributed by atoms with Crippen LogP contribution in [0.3, 0.4) is 0 Å². The van der Waals surface area contributed by atoms with Gasteiger partial charge in [-0.05, 0) is 23.4 Å². The van der Waals surface area contributed by atoms with E-state index in [1.165, 1.54) is 16.2 Å². The first kappa shape index (κ1) is 5.28. The molecule has 74 valence electrons. The Hall–Kier alpha value is -0.870. The van der Waals surface area contributed by atoms with E-state index in [1.54, 1.807) is 11.4 Å². The molecule has 14 heavy (non-hydrogen) atoms. The highest BCUT2D eigenvalue weighted by molar-refractivity contribution is 7.10. The normalized spacial score (nSPS) is 38.0. The second kappa shape index (κ2) is 3.07. The van der Waals surface area contributed by atoms with E-state index in [1.807, 2.05) is 0 Å². The zero-order chi connectivity index (χ0) is 13.1. The molecule has 0 saturated carbocycles. The summed E-state index contributed by atoms with van der Waals surface area (Å²) >= 11 is 1.42. The summed E-state index contributed by atoms with van der Waals surface area (Å²) in [6.07, 6.45) is -2.10. The van der Waals surface area contributed by atoms with Crippen LogP contribution in [0.1, 0.15) is 22.0 Å². The van der Waals surface area contributed by atoms with Gasteiger partial charge in [-0.15, -0.1) is 11.3 Å². The smallest absolute Gasteiger partial charge is 0.234 e. The van der Waals surface area contributed by atoms with Crippen LogP contribution in [0, 0.1) is 0 Å². The van der Waals surface area contributed by atoms with Crippen molar-refractivity contribution in [2.24, 2.45) is 0 Å². The van der Waals surface area contributed by atoms with Crippen molar-refractivity contribution in [3.63, 3.8) is 0 Å². The molecule has 1 atom stereocenters. The van der Waals surface area contributed by atoms with Gasteiger partial charge in [-0.3, -0.25) is 9.69 Å².